The van der Waals surface area contributed by atoms with Crippen molar-refractivity contribution in [1.82, 2.24) is 0 Å². The van der Waals surface area contributed by atoms with Gasteiger partial charge >= 0.3 is 5.97 Å². The second-order valence-electron chi connectivity index (χ2n) is 3.60. The first kappa shape index (κ1) is 9.96. The van der Waals surface area contributed by atoms with Crippen LogP contribution in [0.3, 0.4) is 0 Å². The molecule has 1 aromatic carbocycles. The molecule has 80 valence electrons. The van der Waals surface area contributed by atoms with Crippen molar-refractivity contribution < 1.29 is 19.0 Å². The molecule has 0 fully saturated rings. The molecule has 1 aromatic rings. The van der Waals surface area contributed by atoms with E-state index >= 15 is 0 Å². The Morgan fingerprint density at radius 3 is 3.07 bits per heavy atom. The number of halogens is 1. The minimum atomic E-state index is -0.852. The zero-order chi connectivity index (χ0) is 10.8. The second kappa shape index (κ2) is 3.88. The Morgan fingerprint density at radius 2 is 2.40 bits per heavy atom. The minimum Gasteiger partial charge on any atom is -0.487 e. The smallest absolute Gasteiger partial charge is 0.303 e. The number of hydrogen-bond acceptors (Lipinski definition) is 2. The third-order valence-corrected chi connectivity index (χ3v) is 2.46. The fourth-order valence-electron chi connectivity index (χ4n) is 1.75. The number of para-hydroxylation sites is 1. The highest BCUT2D eigenvalue weighted by atomic mass is 19.1. The summed E-state index contributed by atoms with van der Waals surface area (Å²) in [5.74, 6) is -0.937. The number of carboxylic acids is 1. The molecule has 1 N–H and O–H groups in total. The Balaban J connectivity index is 2.03. The number of benzene rings is 1. The van der Waals surface area contributed by atoms with Gasteiger partial charge in [0.05, 0.1) is 0 Å². The van der Waals surface area contributed by atoms with Crippen molar-refractivity contribution in [2.45, 2.75) is 25.4 Å². The summed E-state index contributed by atoms with van der Waals surface area (Å²) < 4.78 is 18.6. The lowest BCUT2D eigenvalue weighted by Gasteiger charge is -2.08. The Labute approximate surface area is 86.5 Å². The molecule has 0 aromatic heterocycles. The number of aliphatic carboxylic acids is 1. The molecule has 15 heavy (non-hydrogen) atoms. The second-order valence-corrected chi connectivity index (χ2v) is 3.60. The number of rotatable bonds is 3. The van der Waals surface area contributed by atoms with Gasteiger partial charge in [0.15, 0.2) is 11.6 Å². The zero-order valence-corrected chi connectivity index (χ0v) is 8.07. The van der Waals surface area contributed by atoms with Crippen molar-refractivity contribution in [3.8, 4) is 5.75 Å². The molecular formula is C11H11FO3. The van der Waals surface area contributed by atoms with E-state index in [2.05, 4.69) is 0 Å². The maximum absolute atomic E-state index is 13.2. The predicted molar refractivity (Wildman–Crippen MR) is 51.4 cm³/mol. The van der Waals surface area contributed by atoms with E-state index in [4.69, 9.17) is 9.84 Å². The Morgan fingerprint density at radius 1 is 1.60 bits per heavy atom. The van der Waals surface area contributed by atoms with E-state index in [1.165, 1.54) is 6.07 Å². The molecular weight excluding hydrogens is 199 g/mol. The topological polar surface area (TPSA) is 46.5 Å². The minimum absolute atomic E-state index is 0.0558. The van der Waals surface area contributed by atoms with E-state index in [9.17, 15) is 9.18 Å². The molecule has 3 nitrogen and oxygen atoms in total. The SMILES string of the molecule is O=C(O)CCC1Cc2cccc(F)c2O1. The lowest BCUT2D eigenvalue weighted by molar-refractivity contribution is -0.137. The summed E-state index contributed by atoms with van der Waals surface area (Å²) in [5, 5.41) is 8.52. The first-order valence-electron chi connectivity index (χ1n) is 4.82. The standard InChI is InChI=1S/C11H11FO3/c12-9-3-1-2-7-6-8(15-11(7)9)4-5-10(13)14/h1-3,8H,4-6H2,(H,13,14). The lowest BCUT2D eigenvalue weighted by Crippen LogP contribution is -2.14. The average Bonchev–Trinajstić information content (AvgIpc) is 2.59. The van der Waals surface area contributed by atoms with Gasteiger partial charge < -0.3 is 9.84 Å². The molecule has 0 amide bonds. The summed E-state index contributed by atoms with van der Waals surface area (Å²) in [7, 11) is 0. The van der Waals surface area contributed by atoms with Gasteiger partial charge in [0.2, 0.25) is 0 Å². The zero-order valence-electron chi connectivity index (χ0n) is 8.07. The number of carbonyl (C=O) groups is 1. The Bertz CT molecular complexity index is 389. The molecule has 0 spiro atoms. The average molecular weight is 210 g/mol. The molecule has 1 unspecified atom stereocenters. The third kappa shape index (κ3) is 2.09. The van der Waals surface area contributed by atoms with Gasteiger partial charge in [-0.25, -0.2) is 4.39 Å². The summed E-state index contributed by atoms with van der Waals surface area (Å²) in [4.78, 5) is 10.4. The van der Waals surface area contributed by atoms with Crippen molar-refractivity contribution in [3.63, 3.8) is 0 Å². The highest BCUT2D eigenvalue weighted by Gasteiger charge is 2.25. The van der Waals surface area contributed by atoms with Crippen LogP contribution in [0, 0.1) is 5.82 Å². The highest BCUT2D eigenvalue weighted by molar-refractivity contribution is 5.66. The summed E-state index contributed by atoms with van der Waals surface area (Å²) in [6, 6.07) is 4.79. The van der Waals surface area contributed by atoms with Crippen molar-refractivity contribution in [2.24, 2.45) is 0 Å². The van der Waals surface area contributed by atoms with Crippen LogP contribution >= 0.6 is 0 Å². The van der Waals surface area contributed by atoms with E-state index in [0.29, 0.717) is 12.8 Å². The summed E-state index contributed by atoms with van der Waals surface area (Å²) in [6.45, 7) is 0. The number of hydrogen-bond donors (Lipinski definition) is 1. The molecule has 1 aliphatic rings. The van der Waals surface area contributed by atoms with Gasteiger partial charge in [-0.1, -0.05) is 12.1 Å². The van der Waals surface area contributed by atoms with E-state index in [1.807, 2.05) is 0 Å². The van der Waals surface area contributed by atoms with Crippen LogP contribution in [0.5, 0.6) is 5.75 Å². The highest BCUT2D eigenvalue weighted by Crippen LogP contribution is 2.32. The molecule has 0 bridgehead atoms. The number of fused-ring (bicyclic) bond motifs is 1. The van der Waals surface area contributed by atoms with Crippen molar-refractivity contribution in [1.29, 1.82) is 0 Å². The van der Waals surface area contributed by atoms with Crippen molar-refractivity contribution >= 4 is 5.97 Å². The largest absolute Gasteiger partial charge is 0.487 e. The molecule has 1 atom stereocenters. The van der Waals surface area contributed by atoms with Crippen LogP contribution in [-0.4, -0.2) is 17.2 Å². The summed E-state index contributed by atoms with van der Waals surface area (Å²) in [6.07, 6.45) is 0.873. The summed E-state index contributed by atoms with van der Waals surface area (Å²) >= 11 is 0. The molecule has 0 radical (unpaired) electrons. The maximum Gasteiger partial charge on any atom is 0.303 e. The first-order valence-corrected chi connectivity index (χ1v) is 4.82. The van der Waals surface area contributed by atoms with Crippen molar-refractivity contribution in [2.75, 3.05) is 0 Å². The fourth-order valence-corrected chi connectivity index (χ4v) is 1.75. The van der Waals surface area contributed by atoms with Crippen LogP contribution in [0.1, 0.15) is 18.4 Å². The number of carboxylic acid groups (broad SMARTS) is 1. The molecule has 4 heteroatoms. The molecule has 1 aliphatic heterocycles. The molecule has 0 aliphatic carbocycles. The Hall–Kier alpha value is -1.58. The van der Waals surface area contributed by atoms with Crippen LogP contribution in [0.2, 0.25) is 0 Å². The van der Waals surface area contributed by atoms with Gasteiger partial charge in [0.25, 0.3) is 0 Å². The molecule has 1 heterocycles. The molecule has 0 saturated heterocycles. The van der Waals surface area contributed by atoms with Gasteiger partial charge in [0.1, 0.15) is 6.10 Å². The molecule has 0 saturated carbocycles. The van der Waals surface area contributed by atoms with Crippen LogP contribution in [0.4, 0.5) is 4.39 Å². The van der Waals surface area contributed by atoms with Crippen LogP contribution < -0.4 is 4.74 Å². The van der Waals surface area contributed by atoms with Crippen molar-refractivity contribution in [3.05, 3.63) is 29.6 Å². The quantitative estimate of drug-likeness (QED) is 0.829. The van der Waals surface area contributed by atoms with Gasteiger partial charge in [-0.3, -0.25) is 4.79 Å². The van der Waals surface area contributed by atoms with E-state index in [0.717, 1.165) is 5.56 Å². The number of ether oxygens (including phenoxy) is 1. The normalized spacial score (nSPS) is 18.3. The van der Waals surface area contributed by atoms with Crippen LogP contribution in [-0.2, 0) is 11.2 Å². The van der Waals surface area contributed by atoms with Crippen LogP contribution in [0.25, 0.3) is 0 Å². The predicted octanol–water partition coefficient (Wildman–Crippen LogP) is 1.99. The van der Waals surface area contributed by atoms with Gasteiger partial charge in [-0.15, -0.1) is 0 Å². The monoisotopic (exact) mass is 210 g/mol. The summed E-state index contributed by atoms with van der Waals surface area (Å²) in [5.41, 5.74) is 0.824. The fraction of sp³-hybridized carbons (Fsp3) is 0.364. The van der Waals surface area contributed by atoms with Gasteiger partial charge in [-0.05, 0) is 12.5 Å². The van der Waals surface area contributed by atoms with E-state index < -0.39 is 5.97 Å². The van der Waals surface area contributed by atoms with Gasteiger partial charge in [0, 0.05) is 18.4 Å². The van der Waals surface area contributed by atoms with Gasteiger partial charge in [-0.2, -0.15) is 0 Å². The van der Waals surface area contributed by atoms with E-state index in [1.54, 1.807) is 12.1 Å². The first-order chi connectivity index (χ1) is 7.16. The molecule has 2 rings (SSSR count). The lowest BCUT2D eigenvalue weighted by atomic mass is 10.1. The Kier molecular flexibility index (Phi) is 2.58. The van der Waals surface area contributed by atoms with Crippen LogP contribution in [0.15, 0.2) is 18.2 Å². The third-order valence-electron chi connectivity index (χ3n) is 2.46. The maximum atomic E-state index is 13.2. The van der Waals surface area contributed by atoms with E-state index in [-0.39, 0.29) is 24.1 Å².